The molecule has 0 saturated carbocycles. The zero-order valence-corrected chi connectivity index (χ0v) is 12.0. The lowest BCUT2D eigenvalue weighted by molar-refractivity contribution is 0.887. The number of halogens is 1. The van der Waals surface area contributed by atoms with Crippen LogP contribution in [0.1, 0.15) is 11.3 Å². The van der Waals surface area contributed by atoms with E-state index in [2.05, 4.69) is 47.7 Å². The molecule has 96 valence electrons. The van der Waals surface area contributed by atoms with E-state index >= 15 is 0 Å². The summed E-state index contributed by atoms with van der Waals surface area (Å²) < 4.78 is 2.13. The summed E-state index contributed by atoms with van der Waals surface area (Å²) in [6.45, 7) is 4.18. The molecule has 3 aromatic rings. The van der Waals surface area contributed by atoms with Crippen molar-refractivity contribution < 1.29 is 0 Å². The third-order valence-corrected chi connectivity index (χ3v) is 3.97. The normalized spacial score (nSPS) is 11.2. The van der Waals surface area contributed by atoms with Gasteiger partial charge in [0.15, 0.2) is 0 Å². The van der Waals surface area contributed by atoms with Gasteiger partial charge in [0.1, 0.15) is 5.15 Å². The maximum atomic E-state index is 6.32. The van der Waals surface area contributed by atoms with Gasteiger partial charge in [0.05, 0.1) is 11.4 Å². The zero-order chi connectivity index (χ0) is 13.6. The lowest BCUT2D eigenvalue weighted by Gasteiger charge is -2.09. The number of aromatic nitrogens is 2. The number of hydrogen-bond donors (Lipinski definition) is 0. The average molecular weight is 271 g/mol. The Morgan fingerprint density at radius 3 is 2.53 bits per heavy atom. The Balaban J connectivity index is 2.32. The second-order valence-electron chi connectivity index (χ2n) is 4.89. The number of fused-ring (bicyclic) bond motifs is 1. The van der Waals surface area contributed by atoms with Gasteiger partial charge in [-0.2, -0.15) is 0 Å². The first-order valence-electron chi connectivity index (χ1n) is 6.26. The minimum Gasteiger partial charge on any atom is -0.347 e. The van der Waals surface area contributed by atoms with Crippen LogP contribution in [0.2, 0.25) is 5.15 Å². The van der Waals surface area contributed by atoms with E-state index in [1.54, 1.807) is 0 Å². The van der Waals surface area contributed by atoms with Gasteiger partial charge in [-0.25, -0.2) is 4.98 Å². The zero-order valence-electron chi connectivity index (χ0n) is 11.2. The molecule has 1 aromatic carbocycles. The topological polar surface area (TPSA) is 17.8 Å². The average Bonchev–Trinajstić information content (AvgIpc) is 2.71. The number of nitrogens with zero attached hydrogens (tertiary/aromatic N) is 2. The van der Waals surface area contributed by atoms with Gasteiger partial charge in [0, 0.05) is 18.1 Å². The molecule has 0 spiro atoms. The van der Waals surface area contributed by atoms with E-state index < -0.39 is 0 Å². The van der Waals surface area contributed by atoms with E-state index in [9.17, 15) is 0 Å². The fourth-order valence-electron chi connectivity index (χ4n) is 2.39. The molecule has 0 N–H and O–H groups in total. The van der Waals surface area contributed by atoms with E-state index in [0.717, 1.165) is 22.2 Å². The fourth-order valence-corrected chi connectivity index (χ4v) is 2.64. The first-order chi connectivity index (χ1) is 9.08. The third-order valence-electron chi connectivity index (χ3n) is 3.68. The van der Waals surface area contributed by atoms with Crippen molar-refractivity contribution in [2.45, 2.75) is 13.8 Å². The summed E-state index contributed by atoms with van der Waals surface area (Å²) in [5.74, 6) is 0. The minimum atomic E-state index is 0.565. The van der Waals surface area contributed by atoms with E-state index in [4.69, 9.17) is 11.6 Å². The summed E-state index contributed by atoms with van der Waals surface area (Å²) in [6.07, 6.45) is 0. The van der Waals surface area contributed by atoms with Crippen molar-refractivity contribution in [3.63, 3.8) is 0 Å². The Bertz CT molecular complexity index is 772. The van der Waals surface area contributed by atoms with Crippen molar-refractivity contribution in [3.05, 3.63) is 52.8 Å². The molecule has 0 amide bonds. The number of pyridine rings is 1. The SMILES string of the molecule is Cc1cccc2c(Cl)nc(-c3ccc(C)n3C)cc12. The van der Waals surface area contributed by atoms with Crippen LogP contribution in [0.3, 0.4) is 0 Å². The van der Waals surface area contributed by atoms with Gasteiger partial charge in [0.2, 0.25) is 0 Å². The Hall–Kier alpha value is -1.80. The van der Waals surface area contributed by atoms with Gasteiger partial charge in [0.25, 0.3) is 0 Å². The van der Waals surface area contributed by atoms with Crippen LogP contribution >= 0.6 is 11.6 Å². The summed E-state index contributed by atoms with van der Waals surface area (Å²) in [5.41, 5.74) is 4.43. The number of benzene rings is 1. The predicted molar refractivity (Wildman–Crippen MR) is 80.6 cm³/mol. The van der Waals surface area contributed by atoms with Gasteiger partial charge >= 0.3 is 0 Å². The van der Waals surface area contributed by atoms with Crippen molar-refractivity contribution in [1.29, 1.82) is 0 Å². The molecule has 0 aliphatic carbocycles. The van der Waals surface area contributed by atoms with Crippen molar-refractivity contribution in [2.75, 3.05) is 0 Å². The first kappa shape index (κ1) is 12.2. The van der Waals surface area contributed by atoms with Crippen molar-refractivity contribution >= 4 is 22.4 Å². The Labute approximate surface area is 117 Å². The second kappa shape index (κ2) is 4.39. The number of aryl methyl sites for hydroxylation is 2. The monoisotopic (exact) mass is 270 g/mol. The Morgan fingerprint density at radius 2 is 1.84 bits per heavy atom. The highest BCUT2D eigenvalue weighted by Gasteiger charge is 2.10. The highest BCUT2D eigenvalue weighted by molar-refractivity contribution is 6.34. The molecule has 3 rings (SSSR count). The summed E-state index contributed by atoms with van der Waals surface area (Å²) in [5, 5.41) is 2.74. The molecule has 0 saturated heterocycles. The smallest absolute Gasteiger partial charge is 0.137 e. The van der Waals surface area contributed by atoms with Gasteiger partial charge < -0.3 is 4.57 Å². The molecule has 2 nitrogen and oxygen atoms in total. The maximum absolute atomic E-state index is 6.32. The summed E-state index contributed by atoms with van der Waals surface area (Å²) in [4.78, 5) is 4.53. The molecule has 0 unspecified atom stereocenters. The molecular weight excluding hydrogens is 256 g/mol. The van der Waals surface area contributed by atoms with Gasteiger partial charge in [-0.3, -0.25) is 0 Å². The lowest BCUT2D eigenvalue weighted by Crippen LogP contribution is -1.96. The van der Waals surface area contributed by atoms with Crippen molar-refractivity contribution in [2.24, 2.45) is 7.05 Å². The fraction of sp³-hybridized carbons (Fsp3) is 0.188. The Morgan fingerprint density at radius 1 is 1.05 bits per heavy atom. The molecule has 19 heavy (non-hydrogen) atoms. The third kappa shape index (κ3) is 1.92. The molecule has 0 aliphatic rings. The maximum Gasteiger partial charge on any atom is 0.137 e. The summed E-state index contributed by atoms with van der Waals surface area (Å²) >= 11 is 6.32. The van der Waals surface area contributed by atoms with Crippen LogP contribution < -0.4 is 0 Å². The van der Waals surface area contributed by atoms with E-state index in [1.165, 1.54) is 11.3 Å². The van der Waals surface area contributed by atoms with Crippen LogP contribution in [0.25, 0.3) is 22.2 Å². The molecule has 0 bridgehead atoms. The van der Waals surface area contributed by atoms with Crippen LogP contribution in [-0.4, -0.2) is 9.55 Å². The van der Waals surface area contributed by atoms with Gasteiger partial charge in [-0.15, -0.1) is 0 Å². The molecular formula is C16H15ClN2. The van der Waals surface area contributed by atoms with Crippen LogP contribution in [0, 0.1) is 13.8 Å². The lowest BCUT2D eigenvalue weighted by atomic mass is 10.1. The van der Waals surface area contributed by atoms with Crippen molar-refractivity contribution in [3.8, 4) is 11.4 Å². The predicted octanol–water partition coefficient (Wildman–Crippen LogP) is 4.51. The first-order valence-corrected chi connectivity index (χ1v) is 6.64. The molecule has 0 atom stereocenters. The highest BCUT2D eigenvalue weighted by Crippen LogP contribution is 2.29. The molecule has 0 aliphatic heterocycles. The number of rotatable bonds is 1. The standard InChI is InChI=1S/C16H15ClN2/c1-10-5-4-6-12-13(10)9-14(18-16(12)17)15-8-7-11(2)19(15)3/h4-9H,1-3H3. The summed E-state index contributed by atoms with van der Waals surface area (Å²) in [7, 11) is 2.04. The van der Waals surface area contributed by atoms with Gasteiger partial charge in [-0.1, -0.05) is 29.8 Å². The molecule has 2 heterocycles. The highest BCUT2D eigenvalue weighted by atomic mass is 35.5. The van der Waals surface area contributed by atoms with Crippen LogP contribution in [0.5, 0.6) is 0 Å². The van der Waals surface area contributed by atoms with Crippen molar-refractivity contribution in [1.82, 2.24) is 9.55 Å². The van der Waals surface area contributed by atoms with Gasteiger partial charge in [-0.05, 0) is 43.0 Å². The van der Waals surface area contributed by atoms with Crippen LogP contribution in [0.4, 0.5) is 0 Å². The second-order valence-corrected chi connectivity index (χ2v) is 5.25. The molecule has 0 radical (unpaired) electrons. The molecule has 3 heteroatoms. The summed E-state index contributed by atoms with van der Waals surface area (Å²) in [6, 6.07) is 12.4. The quantitative estimate of drug-likeness (QED) is 0.595. The van der Waals surface area contributed by atoms with Crippen LogP contribution in [-0.2, 0) is 7.05 Å². The van der Waals surface area contributed by atoms with E-state index in [1.807, 2.05) is 19.2 Å². The minimum absolute atomic E-state index is 0.565. The van der Waals surface area contributed by atoms with Crippen LogP contribution in [0.15, 0.2) is 36.4 Å². The number of hydrogen-bond acceptors (Lipinski definition) is 1. The molecule has 2 aromatic heterocycles. The Kier molecular flexibility index (Phi) is 2.83. The van der Waals surface area contributed by atoms with E-state index in [0.29, 0.717) is 5.15 Å². The largest absolute Gasteiger partial charge is 0.347 e. The molecule has 0 fully saturated rings. The van der Waals surface area contributed by atoms with E-state index in [-0.39, 0.29) is 0 Å².